The Morgan fingerprint density at radius 3 is 2.71 bits per heavy atom. The van der Waals surface area contributed by atoms with Gasteiger partial charge in [0.05, 0.1) is 22.8 Å². The maximum atomic E-state index is 14.5. The maximum absolute atomic E-state index is 14.5. The second-order valence-corrected chi connectivity index (χ2v) is 7.73. The van der Waals surface area contributed by atoms with E-state index in [4.69, 9.17) is 0 Å². The summed E-state index contributed by atoms with van der Waals surface area (Å²) in [6, 6.07) is 10.5. The molecule has 2 heterocycles. The van der Waals surface area contributed by atoms with Crippen LogP contribution >= 0.6 is 15.9 Å². The van der Waals surface area contributed by atoms with E-state index in [2.05, 4.69) is 30.9 Å². The van der Waals surface area contributed by atoms with Crippen LogP contribution in [0.2, 0.25) is 0 Å². The Bertz CT molecular complexity index is 1120. The molecule has 7 heteroatoms. The number of fused-ring (bicyclic) bond motifs is 1. The second kappa shape index (κ2) is 7.83. The van der Waals surface area contributed by atoms with Gasteiger partial charge in [-0.1, -0.05) is 28.9 Å². The van der Waals surface area contributed by atoms with E-state index in [1.54, 1.807) is 18.2 Å². The van der Waals surface area contributed by atoms with Gasteiger partial charge in [-0.3, -0.25) is 4.79 Å². The third kappa shape index (κ3) is 3.58. The summed E-state index contributed by atoms with van der Waals surface area (Å²) in [5.74, 6) is 0.291. The Labute approximate surface area is 170 Å². The van der Waals surface area contributed by atoms with E-state index >= 15 is 0 Å². The van der Waals surface area contributed by atoms with Gasteiger partial charge in [-0.15, -0.1) is 0 Å². The molecule has 1 aromatic heterocycles. The van der Waals surface area contributed by atoms with Crippen LogP contribution in [0.1, 0.15) is 31.2 Å². The molecule has 5 nitrogen and oxygen atoms in total. The zero-order valence-electron chi connectivity index (χ0n) is 15.5. The van der Waals surface area contributed by atoms with Gasteiger partial charge in [-0.2, -0.15) is 9.78 Å². The topological polar surface area (TPSA) is 50.5 Å². The Balaban J connectivity index is 1.71. The van der Waals surface area contributed by atoms with Crippen LogP contribution in [0.25, 0.3) is 10.9 Å². The normalized spacial score (nSPS) is 14.5. The zero-order valence-corrected chi connectivity index (χ0v) is 17.1. The molecule has 1 fully saturated rings. The lowest BCUT2D eigenvalue weighted by atomic mass is 10.2. The van der Waals surface area contributed by atoms with Crippen LogP contribution in [-0.2, 0) is 6.42 Å². The molecule has 0 N–H and O–H groups in total. The number of anilines is 1. The summed E-state index contributed by atoms with van der Waals surface area (Å²) >= 11 is 3.38. The molecular weight excluding hydrogens is 423 g/mol. The number of hydrogen-bond donors (Lipinski definition) is 0. The smallest absolute Gasteiger partial charge is 0.282 e. The van der Waals surface area contributed by atoms with Crippen LogP contribution < -0.4 is 10.5 Å². The number of aryl methyl sites for hydroxylation is 1. The van der Waals surface area contributed by atoms with Crippen molar-refractivity contribution < 1.29 is 4.39 Å². The van der Waals surface area contributed by atoms with Gasteiger partial charge >= 0.3 is 0 Å². The first-order valence-electron chi connectivity index (χ1n) is 9.37. The summed E-state index contributed by atoms with van der Waals surface area (Å²) in [5, 5.41) is 4.80. The Morgan fingerprint density at radius 1 is 1.21 bits per heavy atom. The van der Waals surface area contributed by atoms with E-state index in [0.717, 1.165) is 30.4 Å². The average molecular weight is 443 g/mol. The van der Waals surface area contributed by atoms with Crippen molar-refractivity contribution in [2.45, 2.75) is 26.2 Å². The molecule has 28 heavy (non-hydrogen) atoms. The van der Waals surface area contributed by atoms with Crippen LogP contribution in [0.3, 0.4) is 0 Å². The summed E-state index contributed by atoms with van der Waals surface area (Å²) in [6.07, 6.45) is 4.25. The van der Waals surface area contributed by atoms with E-state index in [1.807, 2.05) is 19.1 Å². The highest BCUT2D eigenvalue weighted by Crippen LogP contribution is 2.24. The van der Waals surface area contributed by atoms with Crippen molar-refractivity contribution in [3.05, 3.63) is 68.4 Å². The summed E-state index contributed by atoms with van der Waals surface area (Å²) < 4.78 is 16.6. The number of aromatic nitrogens is 2. The number of benzene rings is 2. The number of hydrogen-bond acceptors (Lipinski definition) is 4. The molecule has 0 atom stereocenters. The highest BCUT2D eigenvalue weighted by molar-refractivity contribution is 9.10. The van der Waals surface area contributed by atoms with Crippen molar-refractivity contribution >= 4 is 38.7 Å². The molecule has 0 spiro atoms. The lowest BCUT2D eigenvalue weighted by molar-refractivity contribution is 0.623. The largest absolute Gasteiger partial charge is 0.369 e. The minimum Gasteiger partial charge on any atom is -0.369 e. The highest BCUT2D eigenvalue weighted by atomic mass is 79.9. The van der Waals surface area contributed by atoms with Gasteiger partial charge in [0, 0.05) is 24.0 Å². The van der Waals surface area contributed by atoms with E-state index in [0.29, 0.717) is 34.4 Å². The molecule has 0 radical (unpaired) electrons. The Hall–Kier alpha value is -2.54. The molecule has 0 aliphatic carbocycles. The van der Waals surface area contributed by atoms with Gasteiger partial charge in [0.15, 0.2) is 0 Å². The molecule has 1 saturated heterocycles. The second-order valence-electron chi connectivity index (χ2n) is 6.81. The van der Waals surface area contributed by atoms with Gasteiger partial charge in [0.2, 0.25) is 0 Å². The molecule has 0 amide bonds. The standard InChI is InChI=1S/C21H20BrFN4O/c1-2-20-25-18-7-6-15(22)12-16(18)21(28)27(20)24-13-14-5-8-19(17(23)11-14)26-9-3-4-10-26/h5-8,11-13H,2-4,9-10H2,1H3. The summed E-state index contributed by atoms with van der Waals surface area (Å²) in [7, 11) is 0. The molecule has 0 saturated carbocycles. The van der Waals surface area contributed by atoms with E-state index in [-0.39, 0.29) is 11.4 Å². The minimum atomic E-state index is -0.269. The number of nitrogens with zero attached hydrogens (tertiary/aromatic N) is 4. The fourth-order valence-electron chi connectivity index (χ4n) is 3.49. The number of halogens is 2. The van der Waals surface area contributed by atoms with Crippen LogP contribution in [-0.4, -0.2) is 29.0 Å². The van der Waals surface area contributed by atoms with Crippen LogP contribution in [0.15, 0.2) is 50.8 Å². The van der Waals surface area contributed by atoms with Gasteiger partial charge in [-0.05, 0) is 48.7 Å². The first kappa shape index (κ1) is 18.8. The van der Waals surface area contributed by atoms with E-state index in [1.165, 1.54) is 17.0 Å². The quantitative estimate of drug-likeness (QED) is 0.564. The van der Waals surface area contributed by atoms with Crippen LogP contribution in [0, 0.1) is 5.82 Å². The first-order valence-corrected chi connectivity index (χ1v) is 10.2. The number of rotatable bonds is 4. The zero-order chi connectivity index (χ0) is 19.7. The highest BCUT2D eigenvalue weighted by Gasteiger charge is 2.16. The molecule has 1 aliphatic heterocycles. The third-order valence-electron chi connectivity index (χ3n) is 4.93. The maximum Gasteiger partial charge on any atom is 0.282 e. The lowest BCUT2D eigenvalue weighted by Gasteiger charge is -2.18. The predicted octanol–water partition coefficient (Wildman–Crippen LogP) is 4.34. The fourth-order valence-corrected chi connectivity index (χ4v) is 3.85. The summed E-state index contributed by atoms with van der Waals surface area (Å²) in [4.78, 5) is 19.5. The molecule has 144 valence electrons. The van der Waals surface area contributed by atoms with Crippen molar-refractivity contribution in [1.29, 1.82) is 0 Å². The van der Waals surface area contributed by atoms with Crippen molar-refractivity contribution in [1.82, 2.24) is 9.66 Å². The van der Waals surface area contributed by atoms with Crippen LogP contribution in [0.4, 0.5) is 10.1 Å². The van der Waals surface area contributed by atoms with Crippen molar-refractivity contribution in [3.8, 4) is 0 Å². The van der Waals surface area contributed by atoms with Gasteiger partial charge in [-0.25, -0.2) is 9.37 Å². The Kier molecular flexibility index (Phi) is 5.26. The molecule has 1 aliphatic rings. The van der Waals surface area contributed by atoms with E-state index < -0.39 is 0 Å². The molecular formula is C21H20BrFN4O. The SMILES string of the molecule is CCc1nc2ccc(Br)cc2c(=O)n1N=Cc1ccc(N2CCCC2)c(F)c1. The van der Waals surface area contributed by atoms with E-state index in [9.17, 15) is 9.18 Å². The first-order chi connectivity index (χ1) is 13.6. The summed E-state index contributed by atoms with van der Waals surface area (Å²) in [5.41, 5.74) is 1.62. The molecule has 2 aromatic carbocycles. The fraction of sp³-hybridized carbons (Fsp3) is 0.286. The van der Waals surface area contributed by atoms with Gasteiger partial charge < -0.3 is 4.90 Å². The van der Waals surface area contributed by atoms with Crippen molar-refractivity contribution in [3.63, 3.8) is 0 Å². The monoisotopic (exact) mass is 442 g/mol. The van der Waals surface area contributed by atoms with Crippen molar-refractivity contribution in [2.24, 2.45) is 5.10 Å². The van der Waals surface area contributed by atoms with Gasteiger partial charge in [0.25, 0.3) is 5.56 Å². The Morgan fingerprint density at radius 2 is 2.00 bits per heavy atom. The van der Waals surface area contributed by atoms with Crippen LogP contribution in [0.5, 0.6) is 0 Å². The third-order valence-corrected chi connectivity index (χ3v) is 5.43. The molecule has 0 unspecified atom stereocenters. The molecule has 3 aromatic rings. The average Bonchev–Trinajstić information content (AvgIpc) is 3.22. The van der Waals surface area contributed by atoms with Gasteiger partial charge in [0.1, 0.15) is 11.6 Å². The summed E-state index contributed by atoms with van der Waals surface area (Å²) in [6.45, 7) is 3.69. The van der Waals surface area contributed by atoms with Crippen molar-refractivity contribution in [2.75, 3.05) is 18.0 Å². The lowest BCUT2D eigenvalue weighted by Crippen LogP contribution is -2.22. The molecule has 4 rings (SSSR count). The minimum absolute atomic E-state index is 0.242. The molecule has 0 bridgehead atoms. The predicted molar refractivity (Wildman–Crippen MR) is 114 cm³/mol.